The summed E-state index contributed by atoms with van der Waals surface area (Å²) in [7, 11) is 0. The van der Waals surface area contributed by atoms with Crippen LogP contribution in [-0.4, -0.2) is 18.0 Å². The van der Waals surface area contributed by atoms with E-state index in [1.165, 1.54) is 6.21 Å². The topological polar surface area (TPSA) is 79.8 Å². The van der Waals surface area contributed by atoms with E-state index in [9.17, 15) is 9.59 Å². The van der Waals surface area contributed by atoms with Gasteiger partial charge in [-0.3, -0.25) is 9.59 Å². The van der Waals surface area contributed by atoms with Crippen LogP contribution in [0.2, 0.25) is 15.1 Å². The summed E-state index contributed by atoms with van der Waals surface area (Å²) in [4.78, 5) is 24.0. The molecule has 0 spiro atoms. The van der Waals surface area contributed by atoms with E-state index in [0.717, 1.165) is 11.1 Å². The average molecular weight is 519 g/mol. The molecule has 0 fully saturated rings. The highest BCUT2D eigenvalue weighted by Gasteiger charge is 2.07. The van der Waals surface area contributed by atoms with Gasteiger partial charge in [-0.25, -0.2) is 5.43 Å². The van der Waals surface area contributed by atoms with Crippen molar-refractivity contribution in [1.82, 2.24) is 5.43 Å². The lowest BCUT2D eigenvalue weighted by Gasteiger charge is -2.08. The molecule has 0 aliphatic rings. The van der Waals surface area contributed by atoms with Gasteiger partial charge in [-0.05, 0) is 48.4 Å². The van der Waals surface area contributed by atoms with Crippen molar-refractivity contribution >= 4 is 58.5 Å². The number of rotatable bonds is 10. The van der Waals surface area contributed by atoms with Gasteiger partial charge in [-0.1, -0.05) is 65.1 Å². The van der Waals surface area contributed by atoms with E-state index < -0.39 is 0 Å². The number of hydrogen-bond donors (Lipinski definition) is 2. The second kappa shape index (κ2) is 13.0. The molecule has 0 aromatic heterocycles. The standard InChI is InChI=1S/C25H22Cl3N3O3/c26-21-8-2-1-6-18(21)16-34-20-7-3-5-17(13-20)15-29-31-25(33)10-4-9-24(32)30-19-11-12-22(27)23(28)14-19/h1-3,5-8,11-15H,4,9-10,16H2,(H,30,32)(H,31,33)/b29-15-. The maximum Gasteiger partial charge on any atom is 0.240 e. The summed E-state index contributed by atoms with van der Waals surface area (Å²) in [6.07, 6.45) is 2.24. The monoisotopic (exact) mass is 517 g/mol. The number of nitrogens with one attached hydrogen (secondary N) is 2. The number of nitrogens with zero attached hydrogens (tertiary/aromatic N) is 1. The highest BCUT2D eigenvalue weighted by Crippen LogP contribution is 2.25. The summed E-state index contributed by atoms with van der Waals surface area (Å²) < 4.78 is 5.79. The zero-order valence-corrected chi connectivity index (χ0v) is 20.3. The third-order valence-corrected chi connectivity index (χ3v) is 5.73. The quantitative estimate of drug-likeness (QED) is 0.238. The van der Waals surface area contributed by atoms with Crippen molar-refractivity contribution in [3.8, 4) is 5.75 Å². The Hall–Kier alpha value is -3.06. The van der Waals surface area contributed by atoms with E-state index in [1.54, 1.807) is 24.3 Å². The summed E-state index contributed by atoms with van der Waals surface area (Å²) in [5.41, 5.74) is 4.66. The van der Waals surface area contributed by atoms with Crippen LogP contribution in [0.4, 0.5) is 5.69 Å². The smallest absolute Gasteiger partial charge is 0.240 e. The molecule has 0 radical (unpaired) electrons. The molecule has 0 aliphatic heterocycles. The van der Waals surface area contributed by atoms with E-state index in [1.807, 2.05) is 42.5 Å². The van der Waals surface area contributed by atoms with Crippen LogP contribution in [0, 0.1) is 0 Å². The number of hydrazone groups is 1. The van der Waals surface area contributed by atoms with Gasteiger partial charge in [0.25, 0.3) is 0 Å². The van der Waals surface area contributed by atoms with Crippen molar-refractivity contribution in [2.45, 2.75) is 25.9 Å². The van der Waals surface area contributed by atoms with Gasteiger partial charge in [-0.2, -0.15) is 5.10 Å². The van der Waals surface area contributed by atoms with Gasteiger partial charge in [0.05, 0.1) is 16.3 Å². The van der Waals surface area contributed by atoms with E-state index in [2.05, 4.69) is 15.8 Å². The molecule has 9 heteroatoms. The fourth-order valence-electron chi connectivity index (χ4n) is 2.90. The number of anilines is 1. The highest BCUT2D eigenvalue weighted by atomic mass is 35.5. The minimum Gasteiger partial charge on any atom is -0.489 e. The molecule has 2 N–H and O–H groups in total. The van der Waals surface area contributed by atoms with Gasteiger partial charge in [0, 0.05) is 29.1 Å². The number of benzene rings is 3. The van der Waals surface area contributed by atoms with Crippen LogP contribution in [0.1, 0.15) is 30.4 Å². The molecular formula is C25H22Cl3N3O3. The van der Waals surface area contributed by atoms with Crippen LogP contribution >= 0.6 is 34.8 Å². The number of carbonyl (C=O) groups excluding carboxylic acids is 2. The molecule has 0 saturated carbocycles. The Morgan fingerprint density at radius 2 is 1.65 bits per heavy atom. The van der Waals surface area contributed by atoms with Gasteiger partial charge >= 0.3 is 0 Å². The molecule has 0 bridgehead atoms. The minimum atomic E-state index is -0.287. The third kappa shape index (κ3) is 8.37. The lowest BCUT2D eigenvalue weighted by Crippen LogP contribution is -2.18. The Morgan fingerprint density at radius 3 is 2.44 bits per heavy atom. The Kier molecular flexibility index (Phi) is 9.76. The van der Waals surface area contributed by atoms with Crippen molar-refractivity contribution < 1.29 is 14.3 Å². The minimum absolute atomic E-state index is 0.160. The first-order valence-corrected chi connectivity index (χ1v) is 11.6. The van der Waals surface area contributed by atoms with Crippen LogP contribution in [0.25, 0.3) is 0 Å². The number of carbonyl (C=O) groups is 2. The molecule has 0 aliphatic carbocycles. The predicted molar refractivity (Wildman–Crippen MR) is 137 cm³/mol. The Balaban J connectivity index is 1.38. The molecule has 6 nitrogen and oxygen atoms in total. The first kappa shape index (κ1) is 25.6. The molecule has 176 valence electrons. The number of amides is 2. The van der Waals surface area contributed by atoms with Crippen LogP contribution in [0.5, 0.6) is 5.75 Å². The van der Waals surface area contributed by atoms with E-state index in [0.29, 0.717) is 39.5 Å². The molecule has 2 amide bonds. The van der Waals surface area contributed by atoms with Crippen molar-refractivity contribution in [3.63, 3.8) is 0 Å². The van der Waals surface area contributed by atoms with Crippen LogP contribution < -0.4 is 15.5 Å². The Bertz CT molecular complexity index is 1180. The summed E-state index contributed by atoms with van der Waals surface area (Å²) in [6, 6.07) is 19.6. The van der Waals surface area contributed by atoms with Gasteiger partial charge in [-0.15, -0.1) is 0 Å². The fourth-order valence-corrected chi connectivity index (χ4v) is 3.39. The molecule has 34 heavy (non-hydrogen) atoms. The molecule has 3 aromatic rings. The Labute approximate surface area is 212 Å². The molecule has 0 saturated heterocycles. The maximum absolute atomic E-state index is 12.0. The van der Waals surface area contributed by atoms with E-state index in [4.69, 9.17) is 39.5 Å². The maximum atomic E-state index is 12.0. The largest absolute Gasteiger partial charge is 0.489 e. The summed E-state index contributed by atoms with van der Waals surface area (Å²) in [5.74, 6) is 0.149. The zero-order valence-electron chi connectivity index (χ0n) is 18.1. The van der Waals surface area contributed by atoms with Crippen LogP contribution in [0.3, 0.4) is 0 Å². The fraction of sp³-hybridized carbons (Fsp3) is 0.160. The normalized spacial score (nSPS) is 10.8. The Morgan fingerprint density at radius 1 is 0.853 bits per heavy atom. The number of ether oxygens (including phenoxy) is 1. The summed E-state index contributed by atoms with van der Waals surface area (Å²) in [5, 5.41) is 8.10. The molecule has 3 rings (SSSR count). The van der Waals surface area contributed by atoms with Gasteiger partial charge in [0.15, 0.2) is 0 Å². The lowest BCUT2D eigenvalue weighted by molar-refractivity contribution is -0.121. The van der Waals surface area contributed by atoms with Gasteiger partial charge < -0.3 is 10.1 Å². The van der Waals surface area contributed by atoms with Gasteiger partial charge in [0.2, 0.25) is 11.8 Å². The summed E-state index contributed by atoms with van der Waals surface area (Å²) in [6.45, 7) is 0.343. The van der Waals surface area contributed by atoms with Crippen LogP contribution in [-0.2, 0) is 16.2 Å². The molecule has 0 heterocycles. The SMILES string of the molecule is O=C(CCCC(=O)Nc1ccc(Cl)c(Cl)c1)N/N=C\c1cccc(OCc2ccccc2Cl)c1. The molecule has 0 atom stereocenters. The first-order valence-electron chi connectivity index (χ1n) is 10.4. The second-order valence-electron chi connectivity index (χ2n) is 7.28. The number of hydrogen-bond acceptors (Lipinski definition) is 4. The summed E-state index contributed by atoms with van der Waals surface area (Å²) >= 11 is 17.9. The van der Waals surface area contributed by atoms with Crippen molar-refractivity contribution in [2.24, 2.45) is 5.10 Å². The third-order valence-electron chi connectivity index (χ3n) is 4.62. The van der Waals surface area contributed by atoms with E-state index >= 15 is 0 Å². The predicted octanol–water partition coefficient (Wildman–Crippen LogP) is 6.48. The second-order valence-corrected chi connectivity index (χ2v) is 8.50. The van der Waals surface area contributed by atoms with Crippen molar-refractivity contribution in [2.75, 3.05) is 5.32 Å². The first-order chi connectivity index (χ1) is 16.4. The molecule has 0 unspecified atom stereocenters. The lowest BCUT2D eigenvalue weighted by atomic mass is 10.2. The van der Waals surface area contributed by atoms with Crippen molar-refractivity contribution in [3.05, 3.63) is 92.9 Å². The zero-order chi connectivity index (χ0) is 24.3. The number of halogens is 3. The van der Waals surface area contributed by atoms with Crippen LogP contribution in [0.15, 0.2) is 71.8 Å². The molecular weight excluding hydrogens is 497 g/mol. The van der Waals surface area contributed by atoms with Crippen molar-refractivity contribution in [1.29, 1.82) is 0 Å². The molecule has 3 aromatic carbocycles. The van der Waals surface area contributed by atoms with Gasteiger partial charge in [0.1, 0.15) is 12.4 Å². The average Bonchev–Trinajstić information content (AvgIpc) is 2.81. The highest BCUT2D eigenvalue weighted by molar-refractivity contribution is 6.42. The van der Waals surface area contributed by atoms with E-state index in [-0.39, 0.29) is 24.7 Å².